The summed E-state index contributed by atoms with van der Waals surface area (Å²) in [4.78, 5) is 15.3. The molecule has 0 spiro atoms. The van der Waals surface area contributed by atoms with Gasteiger partial charge in [-0.25, -0.2) is 0 Å². The van der Waals surface area contributed by atoms with Crippen LogP contribution in [0.5, 0.6) is 0 Å². The predicted molar refractivity (Wildman–Crippen MR) is 81.4 cm³/mol. The molecule has 1 aliphatic carbocycles. The van der Waals surface area contributed by atoms with Crippen molar-refractivity contribution < 1.29 is 9.90 Å². The first kappa shape index (κ1) is 12.9. The van der Waals surface area contributed by atoms with Crippen molar-refractivity contribution in [2.45, 2.75) is 38.6 Å². The van der Waals surface area contributed by atoms with Gasteiger partial charge in [0.05, 0.1) is 11.5 Å². The summed E-state index contributed by atoms with van der Waals surface area (Å²) in [6.45, 7) is 2.94. The molecular weight excluding hydrogens is 264 g/mol. The maximum atomic E-state index is 11.8. The number of H-pyrrole nitrogens is 1. The summed E-state index contributed by atoms with van der Waals surface area (Å²) in [7, 11) is 0. The maximum Gasteiger partial charge on any atom is 0.311 e. The van der Waals surface area contributed by atoms with Gasteiger partial charge in [0.15, 0.2) is 0 Å². The van der Waals surface area contributed by atoms with Crippen LogP contribution in [0.2, 0.25) is 0 Å². The van der Waals surface area contributed by atoms with Crippen LogP contribution in [0.25, 0.3) is 10.9 Å². The highest BCUT2D eigenvalue weighted by Crippen LogP contribution is 2.52. The number of fused-ring (bicyclic) bond motifs is 3. The summed E-state index contributed by atoms with van der Waals surface area (Å²) < 4.78 is 0. The summed E-state index contributed by atoms with van der Waals surface area (Å²) in [5.41, 5.74) is 4.14. The number of aryl methyl sites for hydroxylation is 1. The lowest BCUT2D eigenvalue weighted by atomic mass is 9.62. The van der Waals surface area contributed by atoms with E-state index in [0.717, 1.165) is 43.4 Å². The molecule has 4 rings (SSSR count). The van der Waals surface area contributed by atoms with E-state index in [1.807, 2.05) is 0 Å². The van der Waals surface area contributed by atoms with Crippen LogP contribution in [0.15, 0.2) is 18.2 Å². The average molecular weight is 284 g/mol. The van der Waals surface area contributed by atoms with Gasteiger partial charge in [0.1, 0.15) is 0 Å². The van der Waals surface area contributed by atoms with Crippen LogP contribution in [0.4, 0.5) is 0 Å². The standard InChI is InChI=1S/C17H20N2O2/c1-10-3-4-11-12-5-8-18-15(14(12)19-13(11)9-10)17(16(20)21)6-2-7-17/h3-4,9,15,18-19H,2,5-8H2,1H3,(H,20,21). The Labute approximate surface area is 123 Å². The molecule has 1 aliphatic heterocycles. The average Bonchev–Trinajstić information content (AvgIpc) is 2.75. The number of nitrogens with one attached hydrogen (secondary N) is 2. The molecule has 2 aromatic rings. The zero-order chi connectivity index (χ0) is 14.6. The monoisotopic (exact) mass is 284 g/mol. The van der Waals surface area contributed by atoms with Crippen molar-refractivity contribution in [3.63, 3.8) is 0 Å². The SMILES string of the molecule is Cc1ccc2c3c([nH]c2c1)C(C1(C(=O)O)CCC1)NCC3. The Morgan fingerprint density at radius 2 is 2.19 bits per heavy atom. The van der Waals surface area contributed by atoms with Gasteiger partial charge in [0.25, 0.3) is 0 Å². The van der Waals surface area contributed by atoms with Gasteiger partial charge in [-0.15, -0.1) is 0 Å². The Bertz CT molecular complexity index is 728. The zero-order valence-electron chi connectivity index (χ0n) is 12.2. The smallest absolute Gasteiger partial charge is 0.311 e. The Kier molecular flexibility index (Phi) is 2.67. The Balaban J connectivity index is 1.88. The lowest BCUT2D eigenvalue weighted by molar-refractivity contribution is -0.158. The predicted octanol–water partition coefficient (Wildman–Crippen LogP) is 2.92. The second kappa shape index (κ2) is 4.34. The summed E-state index contributed by atoms with van der Waals surface area (Å²) >= 11 is 0. The Morgan fingerprint density at radius 1 is 1.38 bits per heavy atom. The van der Waals surface area contributed by atoms with Gasteiger partial charge in [-0.3, -0.25) is 4.79 Å². The maximum absolute atomic E-state index is 11.8. The van der Waals surface area contributed by atoms with Gasteiger partial charge in [0, 0.05) is 16.6 Å². The molecule has 2 heterocycles. The fraction of sp³-hybridized carbons (Fsp3) is 0.471. The highest BCUT2D eigenvalue weighted by Gasteiger charge is 2.52. The number of hydrogen-bond donors (Lipinski definition) is 3. The minimum Gasteiger partial charge on any atom is -0.481 e. The third kappa shape index (κ3) is 1.69. The summed E-state index contributed by atoms with van der Waals surface area (Å²) in [6.07, 6.45) is 3.52. The number of aromatic amines is 1. The van der Waals surface area contributed by atoms with Crippen LogP contribution in [0.1, 0.15) is 42.1 Å². The number of carbonyl (C=O) groups is 1. The number of benzene rings is 1. The van der Waals surface area contributed by atoms with E-state index in [1.54, 1.807) is 0 Å². The molecule has 1 fully saturated rings. The quantitative estimate of drug-likeness (QED) is 0.794. The van der Waals surface area contributed by atoms with Crippen LogP contribution >= 0.6 is 0 Å². The minimum absolute atomic E-state index is 0.0831. The van der Waals surface area contributed by atoms with Crippen LogP contribution in [-0.2, 0) is 11.2 Å². The van der Waals surface area contributed by atoms with Crippen LogP contribution < -0.4 is 5.32 Å². The van der Waals surface area contributed by atoms with Gasteiger partial charge in [-0.05, 0) is 49.9 Å². The Hall–Kier alpha value is -1.81. The molecule has 21 heavy (non-hydrogen) atoms. The molecule has 1 atom stereocenters. The molecule has 4 nitrogen and oxygen atoms in total. The zero-order valence-corrected chi connectivity index (χ0v) is 12.2. The number of carboxylic acids is 1. The summed E-state index contributed by atoms with van der Waals surface area (Å²) in [6, 6.07) is 6.36. The van der Waals surface area contributed by atoms with E-state index in [4.69, 9.17) is 0 Å². The molecule has 3 N–H and O–H groups in total. The van der Waals surface area contributed by atoms with E-state index in [2.05, 4.69) is 35.4 Å². The fourth-order valence-electron chi connectivity index (χ4n) is 4.00. The third-order valence-electron chi connectivity index (χ3n) is 5.33. The number of carboxylic acid groups (broad SMARTS) is 1. The van der Waals surface area contributed by atoms with Crippen molar-refractivity contribution in [3.8, 4) is 0 Å². The molecule has 1 aromatic carbocycles. The van der Waals surface area contributed by atoms with E-state index in [-0.39, 0.29) is 6.04 Å². The highest BCUT2D eigenvalue weighted by molar-refractivity contribution is 5.86. The normalized spacial score (nSPS) is 23.6. The molecule has 110 valence electrons. The molecule has 0 radical (unpaired) electrons. The topological polar surface area (TPSA) is 65.1 Å². The second-order valence-corrected chi connectivity index (χ2v) is 6.52. The van der Waals surface area contributed by atoms with E-state index < -0.39 is 11.4 Å². The first-order chi connectivity index (χ1) is 10.1. The van der Waals surface area contributed by atoms with Crippen molar-refractivity contribution in [2.24, 2.45) is 5.41 Å². The number of rotatable bonds is 2. The first-order valence-electron chi connectivity index (χ1n) is 7.70. The number of aliphatic carboxylic acids is 1. The van der Waals surface area contributed by atoms with Gasteiger partial charge in [-0.2, -0.15) is 0 Å². The van der Waals surface area contributed by atoms with E-state index in [1.165, 1.54) is 16.5 Å². The Morgan fingerprint density at radius 3 is 2.86 bits per heavy atom. The van der Waals surface area contributed by atoms with Crippen molar-refractivity contribution in [2.75, 3.05) is 6.54 Å². The molecule has 0 saturated heterocycles. The van der Waals surface area contributed by atoms with Crippen molar-refractivity contribution >= 4 is 16.9 Å². The molecule has 0 bridgehead atoms. The summed E-state index contributed by atoms with van der Waals surface area (Å²) in [5, 5.41) is 14.4. The minimum atomic E-state index is -0.658. The number of aromatic nitrogens is 1. The van der Waals surface area contributed by atoms with Crippen LogP contribution in [0, 0.1) is 12.3 Å². The van der Waals surface area contributed by atoms with Gasteiger partial charge >= 0.3 is 5.97 Å². The molecule has 1 unspecified atom stereocenters. The molecule has 4 heteroatoms. The largest absolute Gasteiger partial charge is 0.481 e. The van der Waals surface area contributed by atoms with Gasteiger partial charge in [-0.1, -0.05) is 18.6 Å². The third-order valence-corrected chi connectivity index (χ3v) is 5.33. The van der Waals surface area contributed by atoms with Crippen molar-refractivity contribution in [1.29, 1.82) is 0 Å². The summed E-state index contributed by atoms with van der Waals surface area (Å²) in [5.74, 6) is -0.658. The number of hydrogen-bond acceptors (Lipinski definition) is 2. The fourth-order valence-corrected chi connectivity index (χ4v) is 4.00. The molecule has 1 saturated carbocycles. The van der Waals surface area contributed by atoms with Crippen molar-refractivity contribution in [1.82, 2.24) is 10.3 Å². The van der Waals surface area contributed by atoms with E-state index in [0.29, 0.717) is 0 Å². The molecular formula is C17H20N2O2. The lowest BCUT2D eigenvalue weighted by Gasteiger charge is -2.45. The van der Waals surface area contributed by atoms with Crippen LogP contribution in [-0.4, -0.2) is 22.6 Å². The molecule has 0 amide bonds. The van der Waals surface area contributed by atoms with Crippen molar-refractivity contribution in [3.05, 3.63) is 35.0 Å². The van der Waals surface area contributed by atoms with E-state index in [9.17, 15) is 9.90 Å². The van der Waals surface area contributed by atoms with Gasteiger partial charge < -0.3 is 15.4 Å². The molecule has 2 aliphatic rings. The van der Waals surface area contributed by atoms with E-state index >= 15 is 0 Å². The first-order valence-corrected chi connectivity index (χ1v) is 7.70. The molecule has 1 aromatic heterocycles. The second-order valence-electron chi connectivity index (χ2n) is 6.52. The lowest BCUT2D eigenvalue weighted by Crippen LogP contribution is -2.50. The van der Waals surface area contributed by atoms with Gasteiger partial charge in [0.2, 0.25) is 0 Å². The van der Waals surface area contributed by atoms with Crippen LogP contribution in [0.3, 0.4) is 0 Å². The highest BCUT2D eigenvalue weighted by atomic mass is 16.4.